The van der Waals surface area contributed by atoms with Crippen LogP contribution in [0.5, 0.6) is 0 Å². The quantitative estimate of drug-likeness (QED) is 0.632. The van der Waals surface area contributed by atoms with Gasteiger partial charge in [0.1, 0.15) is 17.5 Å². The summed E-state index contributed by atoms with van der Waals surface area (Å²) >= 11 is 3.13. The summed E-state index contributed by atoms with van der Waals surface area (Å²) in [5.41, 5.74) is -0.114. The van der Waals surface area contributed by atoms with Crippen molar-refractivity contribution in [2.75, 3.05) is 7.11 Å². The molecule has 7 heteroatoms. The van der Waals surface area contributed by atoms with Crippen LogP contribution in [0.1, 0.15) is 28.9 Å². The Morgan fingerprint density at radius 3 is 2.78 bits per heavy atom. The van der Waals surface area contributed by atoms with Crippen molar-refractivity contribution in [3.05, 3.63) is 28.6 Å². The van der Waals surface area contributed by atoms with E-state index in [9.17, 15) is 13.6 Å². The molecule has 1 aromatic rings. The van der Waals surface area contributed by atoms with Gasteiger partial charge >= 0.3 is 5.97 Å². The van der Waals surface area contributed by atoms with Gasteiger partial charge in [-0.15, -0.1) is 0 Å². The molecule has 1 heterocycles. The molecule has 0 aliphatic rings. The number of halogens is 3. The number of esters is 1. The zero-order valence-corrected chi connectivity index (χ0v) is 11.0. The van der Waals surface area contributed by atoms with E-state index in [2.05, 4.69) is 25.7 Å². The van der Waals surface area contributed by atoms with Crippen LogP contribution < -0.4 is 0 Å². The van der Waals surface area contributed by atoms with Gasteiger partial charge in [0.25, 0.3) is 6.43 Å². The third kappa shape index (κ3) is 3.23. The van der Waals surface area contributed by atoms with Gasteiger partial charge in [-0.1, -0.05) is 15.9 Å². The Labute approximate surface area is 111 Å². The second kappa shape index (κ2) is 6.40. The van der Waals surface area contributed by atoms with Crippen molar-refractivity contribution >= 4 is 21.9 Å². The van der Waals surface area contributed by atoms with E-state index in [4.69, 9.17) is 5.26 Å². The number of carbonyl (C=O) groups excluding carboxylic acids is 1. The molecule has 1 rings (SSSR count). The maximum atomic E-state index is 12.9. The standard InChI is InChI=1S/C11H9BrF2N2O2/c1-18-9(17)3-8-6(4-12)2-7(5-15)16-10(8)11(13)14/h2,11H,3-4H2,1H3. The van der Waals surface area contributed by atoms with E-state index in [1.54, 1.807) is 6.07 Å². The summed E-state index contributed by atoms with van der Waals surface area (Å²) in [5.74, 6) is -0.634. The number of hydrogen-bond donors (Lipinski definition) is 0. The number of carbonyl (C=O) groups is 1. The summed E-state index contributed by atoms with van der Waals surface area (Å²) in [5, 5.41) is 8.96. The maximum absolute atomic E-state index is 12.9. The third-order valence-electron chi connectivity index (χ3n) is 2.26. The third-order valence-corrected chi connectivity index (χ3v) is 2.87. The highest BCUT2D eigenvalue weighted by Gasteiger charge is 2.21. The normalized spacial score (nSPS) is 10.2. The number of nitriles is 1. The Balaban J connectivity index is 3.35. The molecule has 0 unspecified atom stereocenters. The van der Waals surface area contributed by atoms with Crippen molar-refractivity contribution in [2.45, 2.75) is 18.2 Å². The Bertz CT molecular complexity index is 501. The summed E-state index contributed by atoms with van der Waals surface area (Å²) < 4.78 is 30.2. The number of aromatic nitrogens is 1. The minimum absolute atomic E-state index is 0.103. The predicted molar refractivity (Wildman–Crippen MR) is 62.3 cm³/mol. The Morgan fingerprint density at radius 2 is 2.33 bits per heavy atom. The fourth-order valence-corrected chi connectivity index (χ4v) is 1.92. The van der Waals surface area contributed by atoms with Crippen molar-refractivity contribution in [2.24, 2.45) is 0 Å². The molecule has 0 radical (unpaired) electrons. The molecular weight excluding hydrogens is 310 g/mol. The number of alkyl halides is 3. The highest BCUT2D eigenvalue weighted by Crippen LogP contribution is 2.26. The molecule has 0 saturated carbocycles. The number of methoxy groups -OCH3 is 1. The summed E-state index contributed by atoms with van der Waals surface area (Å²) in [6.07, 6.45) is -3.15. The van der Waals surface area contributed by atoms with Crippen LogP contribution in [-0.4, -0.2) is 18.1 Å². The Morgan fingerprint density at radius 1 is 1.67 bits per heavy atom. The van der Waals surface area contributed by atoms with Crippen LogP contribution in [-0.2, 0) is 21.3 Å². The van der Waals surface area contributed by atoms with Crippen LogP contribution in [0.25, 0.3) is 0 Å². The predicted octanol–water partition coefficient (Wildman–Crippen LogP) is 2.50. The lowest BCUT2D eigenvalue weighted by atomic mass is 10.0. The van der Waals surface area contributed by atoms with Crippen LogP contribution in [0.15, 0.2) is 6.07 Å². The molecule has 0 N–H and O–H groups in total. The molecule has 0 atom stereocenters. The average molecular weight is 319 g/mol. The molecule has 18 heavy (non-hydrogen) atoms. The molecule has 0 spiro atoms. The second-order valence-electron chi connectivity index (χ2n) is 3.33. The molecule has 4 nitrogen and oxygen atoms in total. The van der Waals surface area contributed by atoms with Crippen LogP contribution in [0.3, 0.4) is 0 Å². The topological polar surface area (TPSA) is 63.0 Å². The van der Waals surface area contributed by atoms with Crippen molar-refractivity contribution in [3.63, 3.8) is 0 Å². The smallest absolute Gasteiger partial charge is 0.310 e. The molecule has 96 valence electrons. The zero-order valence-electron chi connectivity index (χ0n) is 9.41. The summed E-state index contributed by atoms with van der Waals surface area (Å²) in [6.45, 7) is 0. The summed E-state index contributed by atoms with van der Waals surface area (Å²) in [4.78, 5) is 14.8. The van der Waals surface area contributed by atoms with Gasteiger partial charge in [-0.25, -0.2) is 13.8 Å². The van der Waals surface area contributed by atoms with Gasteiger partial charge in [0.2, 0.25) is 0 Å². The van der Waals surface area contributed by atoms with E-state index in [-0.39, 0.29) is 23.0 Å². The Hall–Kier alpha value is -1.55. The van der Waals surface area contributed by atoms with Crippen LogP contribution in [0, 0.1) is 11.3 Å². The first-order chi connectivity index (χ1) is 8.53. The molecule has 0 aliphatic heterocycles. The molecular formula is C11H9BrF2N2O2. The van der Waals surface area contributed by atoms with E-state index in [0.29, 0.717) is 5.56 Å². The molecule has 1 aromatic heterocycles. The molecule has 0 aliphatic carbocycles. The lowest BCUT2D eigenvalue weighted by molar-refractivity contribution is -0.139. The lowest BCUT2D eigenvalue weighted by Crippen LogP contribution is -2.12. The van der Waals surface area contributed by atoms with Gasteiger partial charge in [-0.05, 0) is 17.2 Å². The van der Waals surface area contributed by atoms with E-state index < -0.39 is 18.1 Å². The van der Waals surface area contributed by atoms with Crippen LogP contribution in [0.4, 0.5) is 8.78 Å². The van der Waals surface area contributed by atoms with E-state index in [0.717, 1.165) is 0 Å². The van der Waals surface area contributed by atoms with Gasteiger partial charge in [0, 0.05) is 5.33 Å². The fourth-order valence-electron chi connectivity index (χ4n) is 1.42. The molecule has 0 saturated heterocycles. The highest BCUT2D eigenvalue weighted by atomic mass is 79.9. The number of pyridine rings is 1. The van der Waals surface area contributed by atoms with Gasteiger partial charge in [-0.3, -0.25) is 4.79 Å². The van der Waals surface area contributed by atoms with E-state index in [1.807, 2.05) is 0 Å². The number of hydrogen-bond acceptors (Lipinski definition) is 4. The van der Waals surface area contributed by atoms with Crippen molar-refractivity contribution in [1.82, 2.24) is 4.98 Å². The number of ether oxygens (including phenoxy) is 1. The minimum atomic E-state index is -2.85. The first-order valence-electron chi connectivity index (χ1n) is 4.87. The van der Waals surface area contributed by atoms with E-state index >= 15 is 0 Å². The zero-order chi connectivity index (χ0) is 13.7. The van der Waals surface area contributed by atoms with Gasteiger partial charge in [0.15, 0.2) is 0 Å². The van der Waals surface area contributed by atoms with E-state index in [1.165, 1.54) is 13.2 Å². The molecule has 0 amide bonds. The van der Waals surface area contributed by atoms with Crippen LogP contribution >= 0.6 is 15.9 Å². The maximum Gasteiger partial charge on any atom is 0.310 e. The SMILES string of the molecule is COC(=O)Cc1c(CBr)cc(C#N)nc1C(F)F. The van der Waals surface area contributed by atoms with Crippen molar-refractivity contribution in [3.8, 4) is 6.07 Å². The van der Waals surface area contributed by atoms with Crippen molar-refractivity contribution < 1.29 is 18.3 Å². The van der Waals surface area contributed by atoms with Gasteiger partial charge in [0.05, 0.1) is 13.5 Å². The van der Waals surface area contributed by atoms with Gasteiger partial charge in [-0.2, -0.15) is 5.26 Å². The highest BCUT2D eigenvalue weighted by molar-refractivity contribution is 9.08. The summed E-state index contributed by atoms with van der Waals surface area (Å²) in [7, 11) is 1.18. The monoisotopic (exact) mass is 318 g/mol. The largest absolute Gasteiger partial charge is 0.469 e. The average Bonchev–Trinajstić information content (AvgIpc) is 2.38. The molecule has 0 aromatic carbocycles. The van der Waals surface area contributed by atoms with Crippen LogP contribution in [0.2, 0.25) is 0 Å². The number of rotatable bonds is 4. The number of nitrogens with zero attached hydrogens (tertiary/aromatic N) is 2. The lowest BCUT2D eigenvalue weighted by Gasteiger charge is -2.12. The molecule has 0 bridgehead atoms. The molecule has 0 fully saturated rings. The summed E-state index contributed by atoms with van der Waals surface area (Å²) in [6, 6.07) is 3.08. The fraction of sp³-hybridized carbons (Fsp3) is 0.364. The van der Waals surface area contributed by atoms with Crippen molar-refractivity contribution in [1.29, 1.82) is 5.26 Å². The minimum Gasteiger partial charge on any atom is -0.469 e. The van der Waals surface area contributed by atoms with Gasteiger partial charge < -0.3 is 4.74 Å². The second-order valence-corrected chi connectivity index (χ2v) is 3.89. The first-order valence-corrected chi connectivity index (χ1v) is 5.99. The Kier molecular flexibility index (Phi) is 5.16. The first kappa shape index (κ1) is 14.5.